The Morgan fingerprint density at radius 3 is 1.80 bits per heavy atom. The second-order valence-corrected chi connectivity index (χ2v) is 13.1. The molecular weight excluding hydrogens is 581 g/mol. The quantitative estimate of drug-likeness (QED) is 0.192. The van der Waals surface area contributed by atoms with Crippen molar-refractivity contribution in [1.29, 1.82) is 0 Å². The maximum Gasteiger partial charge on any atom is 0.135 e. The lowest BCUT2D eigenvalue weighted by Crippen LogP contribution is -1.98. The number of hydrogen-bond donors (Lipinski definition) is 0. The van der Waals surface area contributed by atoms with Crippen molar-refractivity contribution in [3.63, 3.8) is 0 Å². The van der Waals surface area contributed by atoms with Crippen molar-refractivity contribution in [2.75, 3.05) is 0 Å². The molecule has 0 N–H and O–H groups in total. The van der Waals surface area contributed by atoms with Gasteiger partial charge in [0.05, 0.1) is 22.1 Å². The first kappa shape index (κ1) is 24.5. The molecule has 0 saturated heterocycles. The van der Waals surface area contributed by atoms with Crippen LogP contribution in [0.25, 0.3) is 97.1 Å². The maximum atomic E-state index is 6.27. The van der Waals surface area contributed by atoms with Gasteiger partial charge in [0.15, 0.2) is 0 Å². The van der Waals surface area contributed by atoms with Gasteiger partial charge in [-0.25, -0.2) is 0 Å². The molecule has 11 aromatic rings. The smallest absolute Gasteiger partial charge is 0.135 e. The summed E-state index contributed by atoms with van der Waals surface area (Å²) >= 11 is 1.91. The summed E-state index contributed by atoms with van der Waals surface area (Å²) < 4.78 is 13.9. The second kappa shape index (κ2) is 8.87. The highest BCUT2D eigenvalue weighted by Crippen LogP contribution is 2.51. The number of fused-ring (bicyclic) bond motifs is 15. The van der Waals surface area contributed by atoms with Crippen molar-refractivity contribution < 1.29 is 4.42 Å². The van der Waals surface area contributed by atoms with E-state index in [0.717, 1.165) is 33.3 Å². The molecule has 0 amide bonds. The highest BCUT2D eigenvalue weighted by molar-refractivity contribution is 7.27. The maximum absolute atomic E-state index is 6.27. The molecule has 0 saturated carbocycles. The minimum atomic E-state index is 0.904. The van der Waals surface area contributed by atoms with Gasteiger partial charge in [0.1, 0.15) is 11.2 Å². The van der Waals surface area contributed by atoms with Crippen LogP contribution in [0.3, 0.4) is 0 Å². The third kappa shape index (κ3) is 3.06. The van der Waals surface area contributed by atoms with Gasteiger partial charge in [-0.1, -0.05) is 91.0 Å². The fourth-order valence-electron chi connectivity index (χ4n) is 7.85. The second-order valence-electron chi connectivity index (χ2n) is 12.1. The SMILES string of the molecule is c1ccc(-n2c3ccccc3c3c4c5ccccc5sc4c4c5ccccc5n(-c5ccc6oc7ccccc7c6c5)c4c32)cc1. The molecule has 0 unspecified atom stereocenters. The molecule has 0 fully saturated rings. The van der Waals surface area contributed by atoms with Crippen LogP contribution in [0.4, 0.5) is 0 Å². The zero-order valence-corrected chi connectivity index (χ0v) is 25.4. The molecule has 7 aromatic carbocycles. The fourth-order valence-corrected chi connectivity index (χ4v) is 9.12. The van der Waals surface area contributed by atoms with Crippen molar-refractivity contribution in [3.05, 3.63) is 146 Å². The molecule has 0 aliphatic rings. The molecule has 4 heteroatoms. The summed E-state index contributed by atoms with van der Waals surface area (Å²) in [6, 6.07) is 52.5. The van der Waals surface area contributed by atoms with E-state index in [0.29, 0.717) is 0 Å². The summed E-state index contributed by atoms with van der Waals surface area (Å²) in [6.45, 7) is 0. The van der Waals surface area contributed by atoms with E-state index in [9.17, 15) is 0 Å². The van der Waals surface area contributed by atoms with Gasteiger partial charge in [0.25, 0.3) is 0 Å². The molecule has 11 rings (SSSR count). The van der Waals surface area contributed by atoms with Gasteiger partial charge in [0, 0.05) is 63.9 Å². The molecule has 4 heterocycles. The van der Waals surface area contributed by atoms with E-state index in [2.05, 4.69) is 149 Å². The van der Waals surface area contributed by atoms with Crippen LogP contribution >= 0.6 is 11.3 Å². The molecule has 0 radical (unpaired) electrons. The molecule has 0 aliphatic carbocycles. The topological polar surface area (TPSA) is 23.0 Å². The number of para-hydroxylation sites is 4. The molecule has 4 aromatic heterocycles. The van der Waals surface area contributed by atoms with Crippen LogP contribution in [-0.4, -0.2) is 9.13 Å². The standard InChI is InChI=1S/C42H24N2OS/c1-2-12-25(13-3-1)43-32-18-8-4-15-28(32)37-38-30-17-7-11-21-36(30)46-42(38)39-29-16-5-9-19-33(29)44(41(39)40(37)43)26-22-23-35-31(24-26)27-14-6-10-20-34(27)45-35/h1-24H. The van der Waals surface area contributed by atoms with Gasteiger partial charge in [-0.2, -0.15) is 0 Å². The highest BCUT2D eigenvalue weighted by atomic mass is 32.1. The Balaban J connectivity index is 1.46. The van der Waals surface area contributed by atoms with E-state index < -0.39 is 0 Å². The van der Waals surface area contributed by atoms with Crippen LogP contribution < -0.4 is 0 Å². The van der Waals surface area contributed by atoms with Gasteiger partial charge in [-0.15, -0.1) is 11.3 Å². The molecular formula is C42H24N2OS. The minimum Gasteiger partial charge on any atom is -0.456 e. The molecule has 0 bridgehead atoms. The summed E-state index contributed by atoms with van der Waals surface area (Å²) in [4.78, 5) is 0. The van der Waals surface area contributed by atoms with Crippen molar-refractivity contribution >= 4 is 97.1 Å². The lowest BCUT2D eigenvalue weighted by molar-refractivity contribution is 0.669. The van der Waals surface area contributed by atoms with Crippen molar-refractivity contribution in [1.82, 2.24) is 9.13 Å². The largest absolute Gasteiger partial charge is 0.456 e. The van der Waals surface area contributed by atoms with Gasteiger partial charge in [-0.05, 0) is 54.6 Å². The predicted molar refractivity (Wildman–Crippen MR) is 195 cm³/mol. The Kier molecular flexibility index (Phi) is 4.72. The highest BCUT2D eigenvalue weighted by Gasteiger charge is 2.26. The molecule has 3 nitrogen and oxygen atoms in total. The zero-order valence-electron chi connectivity index (χ0n) is 24.6. The van der Waals surface area contributed by atoms with Gasteiger partial charge in [0.2, 0.25) is 0 Å². The van der Waals surface area contributed by atoms with E-state index in [1.807, 2.05) is 17.4 Å². The van der Waals surface area contributed by atoms with Crippen LogP contribution in [0.1, 0.15) is 0 Å². The number of thiophene rings is 1. The summed E-state index contributed by atoms with van der Waals surface area (Å²) in [7, 11) is 0. The first-order valence-electron chi connectivity index (χ1n) is 15.6. The van der Waals surface area contributed by atoms with E-state index >= 15 is 0 Å². The normalized spacial score (nSPS) is 12.3. The zero-order chi connectivity index (χ0) is 29.9. The number of nitrogens with zero attached hydrogens (tertiary/aromatic N) is 2. The lowest BCUT2D eigenvalue weighted by Gasteiger charge is -2.13. The Morgan fingerprint density at radius 1 is 0.413 bits per heavy atom. The lowest BCUT2D eigenvalue weighted by atomic mass is 10.0. The number of rotatable bonds is 2. The first-order valence-corrected chi connectivity index (χ1v) is 16.4. The Morgan fingerprint density at radius 2 is 1.00 bits per heavy atom. The van der Waals surface area contributed by atoms with Gasteiger partial charge < -0.3 is 13.6 Å². The van der Waals surface area contributed by atoms with Gasteiger partial charge in [-0.3, -0.25) is 0 Å². The van der Waals surface area contributed by atoms with E-state index in [-0.39, 0.29) is 0 Å². The minimum absolute atomic E-state index is 0.904. The Hall–Kier alpha value is -5.84. The van der Waals surface area contributed by atoms with Crippen LogP contribution in [0, 0.1) is 0 Å². The molecule has 46 heavy (non-hydrogen) atoms. The van der Waals surface area contributed by atoms with Crippen LogP contribution in [-0.2, 0) is 0 Å². The predicted octanol–water partition coefficient (Wildman–Crippen LogP) is 12.1. The molecule has 214 valence electrons. The third-order valence-corrected chi connectivity index (χ3v) is 10.9. The molecule has 0 aliphatic heterocycles. The number of furan rings is 1. The summed E-state index contributed by atoms with van der Waals surface area (Å²) in [5.41, 5.74) is 8.95. The van der Waals surface area contributed by atoms with Crippen LogP contribution in [0.2, 0.25) is 0 Å². The Bertz CT molecular complexity index is 3030. The van der Waals surface area contributed by atoms with E-state index in [1.165, 1.54) is 63.8 Å². The number of benzene rings is 7. The molecule has 0 spiro atoms. The molecule has 0 atom stereocenters. The van der Waals surface area contributed by atoms with Gasteiger partial charge >= 0.3 is 0 Å². The van der Waals surface area contributed by atoms with Crippen molar-refractivity contribution in [2.45, 2.75) is 0 Å². The van der Waals surface area contributed by atoms with Crippen LogP contribution in [0.15, 0.2) is 150 Å². The average Bonchev–Trinajstić information content (AvgIpc) is 3.86. The monoisotopic (exact) mass is 604 g/mol. The van der Waals surface area contributed by atoms with Crippen molar-refractivity contribution in [2.24, 2.45) is 0 Å². The summed E-state index contributed by atoms with van der Waals surface area (Å²) in [5, 5.41) is 10.1. The van der Waals surface area contributed by atoms with E-state index in [4.69, 9.17) is 4.42 Å². The van der Waals surface area contributed by atoms with Crippen LogP contribution in [0.5, 0.6) is 0 Å². The Labute approximate surface area is 266 Å². The van der Waals surface area contributed by atoms with E-state index in [1.54, 1.807) is 0 Å². The summed E-state index contributed by atoms with van der Waals surface area (Å²) in [5.74, 6) is 0. The number of aromatic nitrogens is 2. The summed E-state index contributed by atoms with van der Waals surface area (Å²) in [6.07, 6.45) is 0. The third-order valence-electron chi connectivity index (χ3n) is 9.68. The number of hydrogen-bond acceptors (Lipinski definition) is 2. The average molecular weight is 605 g/mol. The fraction of sp³-hybridized carbons (Fsp3) is 0. The first-order chi connectivity index (χ1) is 22.8. The van der Waals surface area contributed by atoms with Crippen molar-refractivity contribution in [3.8, 4) is 11.4 Å².